The first-order valence-corrected chi connectivity index (χ1v) is 11.4. The monoisotopic (exact) mass is 308 g/mol. The summed E-state index contributed by atoms with van der Waals surface area (Å²) in [6.07, 6.45) is 7.16. The summed E-state index contributed by atoms with van der Waals surface area (Å²) in [5, 5.41) is 0. The van der Waals surface area contributed by atoms with Crippen LogP contribution in [0, 0.1) is 5.92 Å². The average Bonchev–Trinajstić information content (AvgIpc) is 2.14. The van der Waals surface area contributed by atoms with Crippen LogP contribution in [-0.2, 0) is 0 Å². The Hall–Kier alpha value is 1.38. The van der Waals surface area contributed by atoms with E-state index in [0.717, 1.165) is 24.8 Å². The SMILES string of the molecule is CCC(CCCCCCCl)C[Si](Cl)(Cl)Cl. The summed E-state index contributed by atoms with van der Waals surface area (Å²) in [6.45, 7) is 2.17. The molecule has 0 nitrogen and oxygen atoms in total. The molecule has 0 heterocycles. The van der Waals surface area contributed by atoms with Gasteiger partial charge in [0.2, 0.25) is 0 Å². The van der Waals surface area contributed by atoms with Gasteiger partial charge in [0, 0.05) is 5.88 Å². The summed E-state index contributed by atoms with van der Waals surface area (Å²) >= 11 is 23.4. The second-order valence-electron chi connectivity index (χ2n) is 3.99. The van der Waals surface area contributed by atoms with E-state index in [2.05, 4.69) is 6.92 Å². The molecule has 92 valence electrons. The van der Waals surface area contributed by atoms with Gasteiger partial charge in [0.25, 0.3) is 0 Å². The molecule has 5 heteroatoms. The standard InChI is InChI=1S/C10H20Cl4Si/c1-2-10(9-15(12,13)14)7-5-3-4-6-8-11/h10H,2-9H2,1H3. The maximum atomic E-state index is 5.92. The van der Waals surface area contributed by atoms with E-state index in [9.17, 15) is 0 Å². The molecule has 0 aliphatic rings. The minimum Gasteiger partial charge on any atom is -0.127 e. The summed E-state index contributed by atoms with van der Waals surface area (Å²) in [5.74, 6) is 1.37. The number of hydrogen-bond acceptors (Lipinski definition) is 0. The van der Waals surface area contributed by atoms with Crippen LogP contribution >= 0.6 is 44.8 Å². The second kappa shape index (κ2) is 9.41. The van der Waals surface area contributed by atoms with Crippen molar-refractivity contribution < 1.29 is 0 Å². The van der Waals surface area contributed by atoms with Crippen molar-refractivity contribution in [2.75, 3.05) is 5.88 Å². The number of halogens is 4. The molecule has 1 atom stereocenters. The first-order chi connectivity index (χ1) is 6.99. The summed E-state index contributed by atoms with van der Waals surface area (Å²) in [5.41, 5.74) is 0. The molecule has 0 aliphatic carbocycles. The fraction of sp³-hybridized carbons (Fsp3) is 1.00. The van der Waals surface area contributed by atoms with Gasteiger partial charge < -0.3 is 0 Å². The van der Waals surface area contributed by atoms with Gasteiger partial charge in [0.1, 0.15) is 0 Å². The van der Waals surface area contributed by atoms with Crippen LogP contribution < -0.4 is 0 Å². The van der Waals surface area contributed by atoms with Crippen LogP contribution in [0.1, 0.15) is 45.4 Å². The molecule has 0 aromatic rings. The summed E-state index contributed by atoms with van der Waals surface area (Å²) < 4.78 is 0. The number of alkyl halides is 1. The smallest absolute Gasteiger partial charge is 0.127 e. The van der Waals surface area contributed by atoms with Crippen LogP contribution in [0.15, 0.2) is 0 Å². The highest BCUT2D eigenvalue weighted by atomic mass is 35.8. The highest BCUT2D eigenvalue weighted by molar-refractivity contribution is 7.64. The Kier molecular flexibility index (Phi) is 10.3. The van der Waals surface area contributed by atoms with Crippen LogP contribution in [0.25, 0.3) is 0 Å². The molecule has 0 N–H and O–H groups in total. The predicted molar refractivity (Wildman–Crippen MR) is 75.7 cm³/mol. The van der Waals surface area contributed by atoms with Crippen molar-refractivity contribution in [2.24, 2.45) is 5.92 Å². The lowest BCUT2D eigenvalue weighted by molar-refractivity contribution is 0.476. The second-order valence-corrected chi connectivity index (χ2v) is 13.6. The maximum Gasteiger partial charge on any atom is 0.341 e. The molecule has 0 amide bonds. The molecular weight excluding hydrogens is 290 g/mol. The minimum absolute atomic E-state index is 0.597. The van der Waals surface area contributed by atoms with Gasteiger partial charge in [0.05, 0.1) is 0 Å². The molecule has 15 heavy (non-hydrogen) atoms. The number of rotatable bonds is 9. The lowest BCUT2D eigenvalue weighted by atomic mass is 10.0. The van der Waals surface area contributed by atoms with Crippen molar-refractivity contribution in [1.82, 2.24) is 0 Å². The van der Waals surface area contributed by atoms with E-state index in [1.165, 1.54) is 25.7 Å². The predicted octanol–water partition coefficient (Wildman–Crippen LogP) is 5.86. The average molecular weight is 310 g/mol. The van der Waals surface area contributed by atoms with E-state index >= 15 is 0 Å². The summed E-state index contributed by atoms with van der Waals surface area (Å²) in [6, 6.07) is -1.61. The highest BCUT2D eigenvalue weighted by Gasteiger charge is 2.28. The zero-order valence-corrected chi connectivity index (χ0v) is 13.3. The van der Waals surface area contributed by atoms with Gasteiger partial charge in [-0.25, -0.2) is 0 Å². The van der Waals surface area contributed by atoms with Crippen molar-refractivity contribution in [3.05, 3.63) is 0 Å². The zero-order chi connectivity index (χ0) is 11.7. The molecule has 0 spiro atoms. The van der Waals surface area contributed by atoms with Crippen LogP contribution in [-0.4, -0.2) is 11.9 Å². The third-order valence-corrected chi connectivity index (χ3v) is 5.29. The topological polar surface area (TPSA) is 0 Å². The Bertz CT molecular complexity index is 147. The quantitative estimate of drug-likeness (QED) is 0.217. The Balaban J connectivity index is 3.53. The maximum absolute atomic E-state index is 5.92. The van der Waals surface area contributed by atoms with Gasteiger partial charge in [0.15, 0.2) is 0 Å². The fourth-order valence-corrected chi connectivity index (χ4v) is 4.96. The molecule has 1 unspecified atom stereocenters. The molecular formula is C10H20Cl4Si. The van der Waals surface area contributed by atoms with E-state index in [1.807, 2.05) is 0 Å². The summed E-state index contributed by atoms with van der Waals surface area (Å²) in [4.78, 5) is 0. The Labute approximate surface area is 114 Å². The lowest BCUT2D eigenvalue weighted by Crippen LogP contribution is -2.15. The Morgan fingerprint density at radius 2 is 1.60 bits per heavy atom. The first kappa shape index (κ1) is 16.4. The van der Waals surface area contributed by atoms with E-state index in [-0.39, 0.29) is 0 Å². The third-order valence-electron chi connectivity index (χ3n) is 2.59. The van der Waals surface area contributed by atoms with Crippen LogP contribution in [0.4, 0.5) is 0 Å². The van der Waals surface area contributed by atoms with Gasteiger partial charge in [-0.2, -0.15) is 0 Å². The molecule has 0 saturated carbocycles. The Morgan fingerprint density at radius 1 is 1.00 bits per heavy atom. The summed E-state index contributed by atoms with van der Waals surface area (Å²) in [7, 11) is 0. The molecule has 0 aliphatic heterocycles. The van der Waals surface area contributed by atoms with Crippen molar-refractivity contribution in [3.63, 3.8) is 0 Å². The van der Waals surface area contributed by atoms with Gasteiger partial charge in [-0.05, 0) is 18.4 Å². The molecule has 0 rings (SSSR count). The first-order valence-electron chi connectivity index (χ1n) is 5.62. The van der Waals surface area contributed by atoms with Crippen molar-refractivity contribution in [1.29, 1.82) is 0 Å². The van der Waals surface area contributed by atoms with Gasteiger partial charge in [-0.3, -0.25) is 0 Å². The number of hydrogen-bond donors (Lipinski definition) is 0. The van der Waals surface area contributed by atoms with Gasteiger partial charge in [-0.15, -0.1) is 44.8 Å². The zero-order valence-electron chi connectivity index (χ0n) is 9.25. The van der Waals surface area contributed by atoms with E-state index < -0.39 is 6.00 Å². The largest absolute Gasteiger partial charge is 0.341 e. The van der Waals surface area contributed by atoms with Gasteiger partial charge in [-0.1, -0.05) is 39.0 Å². The number of unbranched alkanes of at least 4 members (excludes halogenated alkanes) is 3. The molecule has 0 saturated heterocycles. The lowest BCUT2D eigenvalue weighted by Gasteiger charge is -2.17. The Morgan fingerprint density at radius 3 is 2.07 bits per heavy atom. The van der Waals surface area contributed by atoms with E-state index in [1.54, 1.807) is 0 Å². The van der Waals surface area contributed by atoms with Crippen LogP contribution in [0.2, 0.25) is 6.04 Å². The molecule has 0 aromatic carbocycles. The molecule has 0 fully saturated rings. The van der Waals surface area contributed by atoms with Gasteiger partial charge >= 0.3 is 6.00 Å². The van der Waals surface area contributed by atoms with Crippen molar-refractivity contribution in [3.8, 4) is 0 Å². The highest BCUT2D eigenvalue weighted by Crippen LogP contribution is 2.32. The van der Waals surface area contributed by atoms with E-state index in [4.69, 9.17) is 44.8 Å². The van der Waals surface area contributed by atoms with Crippen LogP contribution in [0.3, 0.4) is 0 Å². The van der Waals surface area contributed by atoms with Crippen molar-refractivity contribution in [2.45, 2.75) is 51.5 Å². The van der Waals surface area contributed by atoms with Crippen LogP contribution in [0.5, 0.6) is 0 Å². The third kappa shape index (κ3) is 11.6. The molecule has 0 aromatic heterocycles. The van der Waals surface area contributed by atoms with E-state index in [0.29, 0.717) is 5.92 Å². The molecule has 0 bridgehead atoms. The normalized spacial score (nSPS) is 14.2. The molecule has 0 radical (unpaired) electrons. The minimum atomic E-state index is -2.42. The fourth-order valence-electron chi connectivity index (χ4n) is 1.66. The van der Waals surface area contributed by atoms with Crippen molar-refractivity contribution >= 4 is 50.8 Å².